The van der Waals surface area contributed by atoms with Crippen molar-refractivity contribution in [3.05, 3.63) is 42.5 Å². The minimum atomic E-state index is -0.00120. The van der Waals surface area contributed by atoms with Crippen molar-refractivity contribution in [3.63, 3.8) is 0 Å². The molecule has 2 rings (SSSR count). The molecule has 0 aliphatic carbocycles. The quantitative estimate of drug-likeness (QED) is 0.827. The van der Waals surface area contributed by atoms with Gasteiger partial charge in [0.2, 0.25) is 0 Å². The van der Waals surface area contributed by atoms with Crippen LogP contribution in [0.15, 0.2) is 31.0 Å². The minimum Gasteiger partial charge on any atom is -0.336 e. The van der Waals surface area contributed by atoms with E-state index in [1.54, 1.807) is 24.8 Å². The molecule has 84 valence electrons. The number of nitrogens with zero attached hydrogens (tertiary/aromatic N) is 4. The second-order valence-electron chi connectivity index (χ2n) is 3.52. The van der Waals surface area contributed by atoms with Crippen LogP contribution < -0.4 is 5.32 Å². The van der Waals surface area contributed by atoms with Gasteiger partial charge in [-0.05, 0) is 6.54 Å². The number of aromatic nitrogens is 4. The van der Waals surface area contributed by atoms with Gasteiger partial charge >= 0.3 is 0 Å². The van der Waals surface area contributed by atoms with Crippen molar-refractivity contribution in [3.8, 4) is 0 Å². The zero-order chi connectivity index (χ0) is 11.4. The van der Waals surface area contributed by atoms with Crippen molar-refractivity contribution >= 4 is 0 Å². The van der Waals surface area contributed by atoms with Gasteiger partial charge in [0.1, 0.15) is 11.9 Å². The first-order chi connectivity index (χ1) is 7.83. The van der Waals surface area contributed by atoms with E-state index in [0.29, 0.717) is 0 Å². The van der Waals surface area contributed by atoms with Crippen molar-refractivity contribution < 1.29 is 0 Å². The molecule has 0 spiro atoms. The third-order valence-corrected chi connectivity index (χ3v) is 2.40. The Bertz CT molecular complexity index is 437. The van der Waals surface area contributed by atoms with Gasteiger partial charge in [-0.15, -0.1) is 0 Å². The number of nitrogens with one attached hydrogen (secondary N) is 1. The fraction of sp³-hybridized carbons (Fsp3) is 0.364. The Hall–Kier alpha value is -1.75. The Morgan fingerprint density at radius 2 is 2.19 bits per heavy atom. The lowest BCUT2D eigenvalue weighted by Gasteiger charge is -2.16. The average Bonchev–Trinajstić information content (AvgIpc) is 2.73. The van der Waals surface area contributed by atoms with Gasteiger partial charge in [-0.2, -0.15) is 0 Å². The van der Waals surface area contributed by atoms with Crippen molar-refractivity contribution in [1.82, 2.24) is 24.8 Å². The largest absolute Gasteiger partial charge is 0.336 e. The Kier molecular flexibility index (Phi) is 3.26. The number of aryl methyl sites for hydroxylation is 1. The summed E-state index contributed by atoms with van der Waals surface area (Å²) in [6.45, 7) is 2.92. The summed E-state index contributed by atoms with van der Waals surface area (Å²) in [5.74, 6) is 0.947. The monoisotopic (exact) mass is 217 g/mol. The fourth-order valence-electron chi connectivity index (χ4n) is 1.65. The van der Waals surface area contributed by atoms with Gasteiger partial charge in [0.15, 0.2) is 0 Å². The highest BCUT2D eigenvalue weighted by molar-refractivity contribution is 5.14. The second-order valence-corrected chi connectivity index (χ2v) is 3.52. The van der Waals surface area contributed by atoms with Gasteiger partial charge in [0, 0.05) is 31.8 Å². The molecule has 0 aliphatic heterocycles. The molecular weight excluding hydrogens is 202 g/mol. The smallest absolute Gasteiger partial charge is 0.131 e. The SMILES string of the molecule is CCNC(c1cnccn1)c1nccn1C. The summed E-state index contributed by atoms with van der Waals surface area (Å²) in [7, 11) is 1.98. The summed E-state index contributed by atoms with van der Waals surface area (Å²) in [5.41, 5.74) is 0.888. The molecule has 2 heterocycles. The third kappa shape index (κ3) is 2.09. The van der Waals surface area contributed by atoms with E-state index in [9.17, 15) is 0 Å². The summed E-state index contributed by atoms with van der Waals surface area (Å²) >= 11 is 0. The molecular formula is C11H15N5. The molecule has 0 aliphatic rings. The summed E-state index contributed by atoms with van der Waals surface area (Å²) in [6.07, 6.45) is 8.85. The lowest BCUT2D eigenvalue weighted by atomic mass is 10.2. The Morgan fingerprint density at radius 1 is 1.31 bits per heavy atom. The predicted molar refractivity (Wildman–Crippen MR) is 60.8 cm³/mol. The highest BCUT2D eigenvalue weighted by atomic mass is 15.1. The highest BCUT2D eigenvalue weighted by Crippen LogP contribution is 2.16. The lowest BCUT2D eigenvalue weighted by Crippen LogP contribution is -2.25. The van der Waals surface area contributed by atoms with Gasteiger partial charge < -0.3 is 9.88 Å². The van der Waals surface area contributed by atoms with Gasteiger partial charge in [-0.3, -0.25) is 9.97 Å². The number of rotatable bonds is 4. The standard InChI is InChI=1S/C11H15N5/c1-3-13-10(9-8-12-4-5-14-9)11-15-6-7-16(11)2/h4-8,10,13H,3H2,1-2H3. The molecule has 0 saturated heterocycles. The van der Waals surface area contributed by atoms with Crippen LogP contribution in [0.3, 0.4) is 0 Å². The molecule has 2 aromatic rings. The summed E-state index contributed by atoms with van der Waals surface area (Å²) in [4.78, 5) is 12.7. The van der Waals surface area contributed by atoms with Gasteiger partial charge in [0.05, 0.1) is 11.9 Å². The molecule has 5 heteroatoms. The van der Waals surface area contributed by atoms with Crippen molar-refractivity contribution in [2.75, 3.05) is 6.54 Å². The van der Waals surface area contributed by atoms with E-state index in [1.165, 1.54) is 0 Å². The van der Waals surface area contributed by atoms with Crippen LogP contribution in [-0.2, 0) is 7.05 Å². The van der Waals surface area contributed by atoms with E-state index in [-0.39, 0.29) is 6.04 Å². The Balaban J connectivity index is 2.35. The van der Waals surface area contributed by atoms with Crippen LogP contribution in [0.5, 0.6) is 0 Å². The van der Waals surface area contributed by atoms with Crippen LogP contribution in [0.1, 0.15) is 24.5 Å². The molecule has 0 amide bonds. The zero-order valence-corrected chi connectivity index (χ0v) is 9.46. The van der Waals surface area contributed by atoms with Crippen LogP contribution in [0.2, 0.25) is 0 Å². The van der Waals surface area contributed by atoms with Gasteiger partial charge in [0.25, 0.3) is 0 Å². The highest BCUT2D eigenvalue weighted by Gasteiger charge is 2.18. The minimum absolute atomic E-state index is 0.00120. The predicted octanol–water partition coefficient (Wildman–Crippen LogP) is 0.909. The molecule has 1 N–H and O–H groups in total. The molecule has 0 radical (unpaired) electrons. The fourth-order valence-corrected chi connectivity index (χ4v) is 1.65. The summed E-state index contributed by atoms with van der Waals surface area (Å²) in [6, 6.07) is -0.00120. The van der Waals surface area contributed by atoms with Crippen LogP contribution in [0.25, 0.3) is 0 Å². The van der Waals surface area contributed by atoms with Crippen molar-refractivity contribution in [2.45, 2.75) is 13.0 Å². The Morgan fingerprint density at radius 3 is 2.75 bits per heavy atom. The van der Waals surface area contributed by atoms with Crippen molar-refractivity contribution in [1.29, 1.82) is 0 Å². The molecule has 0 fully saturated rings. The zero-order valence-electron chi connectivity index (χ0n) is 9.46. The van der Waals surface area contributed by atoms with E-state index in [0.717, 1.165) is 18.1 Å². The van der Waals surface area contributed by atoms with E-state index in [1.807, 2.05) is 17.8 Å². The van der Waals surface area contributed by atoms with Crippen molar-refractivity contribution in [2.24, 2.45) is 7.05 Å². The van der Waals surface area contributed by atoms with E-state index in [4.69, 9.17) is 0 Å². The molecule has 1 unspecified atom stereocenters. The van der Waals surface area contributed by atoms with Crippen LogP contribution in [0.4, 0.5) is 0 Å². The maximum atomic E-state index is 4.34. The van der Waals surface area contributed by atoms with Gasteiger partial charge in [-0.1, -0.05) is 6.92 Å². The van der Waals surface area contributed by atoms with E-state index >= 15 is 0 Å². The van der Waals surface area contributed by atoms with Crippen LogP contribution in [0, 0.1) is 0 Å². The third-order valence-electron chi connectivity index (χ3n) is 2.40. The molecule has 1 atom stereocenters. The molecule has 0 bridgehead atoms. The van der Waals surface area contributed by atoms with Crippen LogP contribution in [-0.4, -0.2) is 26.1 Å². The number of hydrogen-bond donors (Lipinski definition) is 1. The molecule has 2 aromatic heterocycles. The van der Waals surface area contributed by atoms with E-state index in [2.05, 4.69) is 27.2 Å². The number of hydrogen-bond acceptors (Lipinski definition) is 4. The average molecular weight is 217 g/mol. The normalized spacial score (nSPS) is 12.6. The molecule has 5 nitrogen and oxygen atoms in total. The van der Waals surface area contributed by atoms with E-state index < -0.39 is 0 Å². The summed E-state index contributed by atoms with van der Waals surface area (Å²) in [5, 5.41) is 3.36. The first kappa shape index (κ1) is 10.8. The molecule has 0 aromatic carbocycles. The number of imidazole rings is 1. The van der Waals surface area contributed by atoms with Gasteiger partial charge in [-0.25, -0.2) is 4.98 Å². The first-order valence-electron chi connectivity index (χ1n) is 5.29. The lowest BCUT2D eigenvalue weighted by molar-refractivity contribution is 0.563. The molecule has 0 saturated carbocycles. The topological polar surface area (TPSA) is 55.6 Å². The first-order valence-corrected chi connectivity index (χ1v) is 5.29. The maximum absolute atomic E-state index is 4.34. The summed E-state index contributed by atoms with van der Waals surface area (Å²) < 4.78 is 1.99. The molecule has 16 heavy (non-hydrogen) atoms. The van der Waals surface area contributed by atoms with Crippen LogP contribution >= 0.6 is 0 Å². The Labute approximate surface area is 94.6 Å². The second kappa shape index (κ2) is 4.85. The maximum Gasteiger partial charge on any atom is 0.131 e.